The van der Waals surface area contributed by atoms with Crippen LogP contribution in [0.5, 0.6) is 0 Å². The van der Waals surface area contributed by atoms with Gasteiger partial charge in [-0.3, -0.25) is 9.59 Å². The lowest BCUT2D eigenvalue weighted by Crippen LogP contribution is -2.35. The first-order chi connectivity index (χ1) is 8.26. The van der Waals surface area contributed by atoms with E-state index in [4.69, 9.17) is 0 Å². The van der Waals surface area contributed by atoms with Gasteiger partial charge >= 0.3 is 0 Å². The fraction of sp³-hybridized carbons (Fsp3) is 0.714. The number of carbonyl (C=O) groups excluding carboxylic acids is 2. The lowest BCUT2D eigenvalue weighted by Gasteiger charge is -2.29. The van der Waals surface area contributed by atoms with Crippen molar-refractivity contribution in [2.24, 2.45) is 5.41 Å². The lowest BCUT2D eigenvalue weighted by molar-refractivity contribution is -0.127. The van der Waals surface area contributed by atoms with E-state index in [-0.39, 0.29) is 22.6 Å². The van der Waals surface area contributed by atoms with Gasteiger partial charge in [0, 0.05) is 25.1 Å². The monoisotopic (exact) mass is 253 g/mol. The minimum atomic E-state index is -0.453. The van der Waals surface area contributed by atoms with Crippen molar-refractivity contribution in [2.75, 3.05) is 6.54 Å². The topological polar surface area (TPSA) is 66.4 Å². The molecule has 1 unspecified atom stereocenters. The quantitative estimate of drug-likeness (QED) is 0.589. The second-order valence-electron chi connectivity index (χ2n) is 5.81. The number of ketones is 2. The highest BCUT2D eigenvalue weighted by molar-refractivity contribution is 6.22. The van der Waals surface area contributed by atoms with Gasteiger partial charge in [0.2, 0.25) is 0 Å². The third kappa shape index (κ3) is 3.67. The summed E-state index contributed by atoms with van der Waals surface area (Å²) in [5.41, 5.74) is 0.645. The fourth-order valence-electron chi connectivity index (χ4n) is 2.19. The predicted molar refractivity (Wildman–Crippen MR) is 70.0 cm³/mol. The number of hydrogen-bond acceptors (Lipinski definition) is 4. The van der Waals surface area contributed by atoms with Crippen LogP contribution in [-0.4, -0.2) is 29.3 Å². The molecule has 4 heteroatoms. The van der Waals surface area contributed by atoms with Crippen LogP contribution in [0.25, 0.3) is 0 Å². The number of aliphatic hydroxyl groups is 1. The van der Waals surface area contributed by atoms with E-state index in [9.17, 15) is 14.7 Å². The number of hydrogen-bond donors (Lipinski definition) is 2. The van der Waals surface area contributed by atoms with E-state index in [1.54, 1.807) is 6.92 Å². The van der Waals surface area contributed by atoms with Crippen molar-refractivity contribution in [3.8, 4) is 0 Å². The van der Waals surface area contributed by atoms with Gasteiger partial charge in [0.15, 0.2) is 11.6 Å². The van der Waals surface area contributed by atoms with Crippen LogP contribution in [0.15, 0.2) is 11.3 Å². The molecule has 2 N–H and O–H groups in total. The van der Waals surface area contributed by atoms with Crippen LogP contribution in [0, 0.1) is 5.41 Å². The standard InChI is InChI=1S/C14H23NO3/c1-5-10(16)8-15-9(2)13-11(17)6-14(3,4)7-12(13)18/h10,15-16H,5-8H2,1-4H3. The highest BCUT2D eigenvalue weighted by Crippen LogP contribution is 2.34. The number of allylic oxidation sites excluding steroid dienone is 2. The molecule has 4 nitrogen and oxygen atoms in total. The van der Waals surface area contributed by atoms with Crippen LogP contribution >= 0.6 is 0 Å². The molecule has 1 atom stereocenters. The Labute approximate surface area is 108 Å². The Morgan fingerprint density at radius 2 is 1.83 bits per heavy atom. The molecule has 102 valence electrons. The lowest BCUT2D eigenvalue weighted by atomic mass is 9.73. The second kappa shape index (κ2) is 5.65. The molecule has 0 bridgehead atoms. The molecule has 1 saturated carbocycles. The van der Waals surface area contributed by atoms with Crippen LogP contribution in [-0.2, 0) is 9.59 Å². The summed E-state index contributed by atoms with van der Waals surface area (Å²) in [7, 11) is 0. The van der Waals surface area contributed by atoms with Crippen molar-refractivity contribution >= 4 is 11.6 Å². The van der Waals surface area contributed by atoms with Crippen molar-refractivity contribution in [2.45, 2.75) is 53.1 Å². The highest BCUT2D eigenvalue weighted by atomic mass is 16.3. The molecule has 0 saturated heterocycles. The zero-order valence-corrected chi connectivity index (χ0v) is 11.7. The maximum absolute atomic E-state index is 12.0. The summed E-state index contributed by atoms with van der Waals surface area (Å²) in [6, 6.07) is 0. The molecule has 0 radical (unpaired) electrons. The molecule has 1 rings (SSSR count). The maximum Gasteiger partial charge on any atom is 0.168 e. The molecule has 0 heterocycles. The summed E-state index contributed by atoms with van der Waals surface area (Å²) in [5, 5.41) is 12.4. The van der Waals surface area contributed by atoms with Crippen LogP contribution in [0.1, 0.15) is 47.0 Å². The summed E-state index contributed by atoms with van der Waals surface area (Å²) >= 11 is 0. The molecule has 0 aromatic carbocycles. The van der Waals surface area contributed by atoms with E-state index in [1.165, 1.54) is 0 Å². The molecule has 1 aliphatic carbocycles. The number of carbonyl (C=O) groups is 2. The van der Waals surface area contributed by atoms with Crippen LogP contribution in [0.4, 0.5) is 0 Å². The normalized spacial score (nSPS) is 20.8. The Morgan fingerprint density at radius 1 is 1.33 bits per heavy atom. The summed E-state index contributed by atoms with van der Waals surface area (Å²) < 4.78 is 0. The predicted octanol–water partition coefficient (Wildman–Crippen LogP) is 1.58. The van der Waals surface area contributed by atoms with Crippen LogP contribution < -0.4 is 5.32 Å². The van der Waals surface area contributed by atoms with Gasteiger partial charge in [-0.15, -0.1) is 0 Å². The highest BCUT2D eigenvalue weighted by Gasteiger charge is 2.36. The van der Waals surface area contributed by atoms with Gasteiger partial charge in [0.1, 0.15) is 0 Å². The van der Waals surface area contributed by atoms with Gasteiger partial charge in [-0.2, -0.15) is 0 Å². The molecule has 1 fully saturated rings. The molecule has 0 aromatic rings. The van der Waals surface area contributed by atoms with Crippen molar-refractivity contribution in [1.29, 1.82) is 0 Å². The Balaban J connectivity index is 2.80. The van der Waals surface area contributed by atoms with Gasteiger partial charge in [-0.05, 0) is 18.8 Å². The first-order valence-corrected chi connectivity index (χ1v) is 6.46. The van der Waals surface area contributed by atoms with E-state index in [0.717, 1.165) is 0 Å². The second-order valence-corrected chi connectivity index (χ2v) is 5.81. The van der Waals surface area contributed by atoms with Gasteiger partial charge in [-0.25, -0.2) is 0 Å². The zero-order chi connectivity index (χ0) is 13.9. The van der Waals surface area contributed by atoms with Crippen LogP contribution in [0.3, 0.4) is 0 Å². The smallest absolute Gasteiger partial charge is 0.168 e. The van der Waals surface area contributed by atoms with Gasteiger partial charge in [-0.1, -0.05) is 20.8 Å². The Morgan fingerprint density at radius 3 is 2.28 bits per heavy atom. The Bertz CT molecular complexity index is 361. The van der Waals surface area contributed by atoms with E-state index < -0.39 is 6.10 Å². The minimum absolute atomic E-state index is 0.0905. The average molecular weight is 253 g/mol. The van der Waals surface area contributed by atoms with E-state index >= 15 is 0 Å². The van der Waals surface area contributed by atoms with Crippen molar-refractivity contribution in [1.82, 2.24) is 5.32 Å². The number of aliphatic hydroxyl groups excluding tert-OH is 1. The number of Topliss-reactive ketones (excluding diaryl/α,β-unsaturated/α-hetero) is 2. The van der Waals surface area contributed by atoms with Crippen LogP contribution in [0.2, 0.25) is 0 Å². The molecule has 0 amide bonds. The molecule has 0 aromatic heterocycles. The van der Waals surface area contributed by atoms with E-state index in [2.05, 4.69) is 5.32 Å². The molecule has 18 heavy (non-hydrogen) atoms. The zero-order valence-electron chi connectivity index (χ0n) is 11.7. The molecule has 0 aliphatic heterocycles. The molecular formula is C14H23NO3. The first-order valence-electron chi connectivity index (χ1n) is 6.46. The van der Waals surface area contributed by atoms with E-state index in [0.29, 0.717) is 31.5 Å². The summed E-state index contributed by atoms with van der Waals surface area (Å²) in [6.07, 6.45) is 1.00. The minimum Gasteiger partial charge on any atom is -0.391 e. The van der Waals surface area contributed by atoms with Gasteiger partial charge in [0.25, 0.3) is 0 Å². The van der Waals surface area contributed by atoms with Gasteiger partial charge in [0.05, 0.1) is 11.7 Å². The summed E-state index contributed by atoms with van der Waals surface area (Å²) in [6.45, 7) is 7.85. The molecule has 1 aliphatic rings. The molecular weight excluding hydrogens is 230 g/mol. The third-order valence-corrected chi connectivity index (χ3v) is 3.28. The number of nitrogens with one attached hydrogen (secondary N) is 1. The third-order valence-electron chi connectivity index (χ3n) is 3.28. The first kappa shape index (κ1) is 14.9. The van der Waals surface area contributed by atoms with Crippen molar-refractivity contribution in [3.63, 3.8) is 0 Å². The maximum atomic E-state index is 12.0. The van der Waals surface area contributed by atoms with Crippen molar-refractivity contribution in [3.05, 3.63) is 11.3 Å². The Kier molecular flexibility index (Phi) is 4.68. The molecule has 0 spiro atoms. The average Bonchev–Trinajstić information content (AvgIpc) is 2.22. The largest absolute Gasteiger partial charge is 0.391 e. The summed E-state index contributed by atoms with van der Waals surface area (Å²) in [4.78, 5) is 24.0. The van der Waals surface area contributed by atoms with Crippen molar-refractivity contribution < 1.29 is 14.7 Å². The van der Waals surface area contributed by atoms with E-state index in [1.807, 2.05) is 20.8 Å². The Hall–Kier alpha value is -1.16. The number of rotatable bonds is 4. The van der Waals surface area contributed by atoms with Gasteiger partial charge < -0.3 is 10.4 Å². The fourth-order valence-corrected chi connectivity index (χ4v) is 2.19. The SMILES string of the molecule is CCC(O)CNC(C)=C1C(=O)CC(C)(C)CC1=O. The summed E-state index contributed by atoms with van der Waals surface area (Å²) in [5.74, 6) is -0.181.